The molecule has 3 aromatic rings. The third-order valence-electron chi connectivity index (χ3n) is 7.71. The molecule has 2 aliphatic heterocycles. The first-order valence-electron chi connectivity index (χ1n) is 13.8. The summed E-state index contributed by atoms with van der Waals surface area (Å²) in [4.78, 5) is 13.6. The molecule has 0 amide bonds. The summed E-state index contributed by atoms with van der Waals surface area (Å²) < 4.78 is 39.0. The molecule has 2 aliphatic rings. The maximum absolute atomic E-state index is 13.6. The zero-order valence-electron chi connectivity index (χ0n) is 24.2. The van der Waals surface area contributed by atoms with Gasteiger partial charge in [0.2, 0.25) is 23.8 Å². The number of aromatic hydroxyl groups is 1. The van der Waals surface area contributed by atoms with Crippen LogP contribution in [0.5, 0.6) is 28.7 Å². The smallest absolute Gasteiger partial charge is 0.238 e. The Labute approximate surface area is 254 Å². The van der Waals surface area contributed by atoms with Crippen LogP contribution in [-0.2, 0) is 9.47 Å². The molecule has 8 N–H and O–H groups in total. The molecule has 2 saturated heterocycles. The van der Waals surface area contributed by atoms with Crippen molar-refractivity contribution < 1.29 is 73.7 Å². The Morgan fingerprint density at radius 3 is 2.04 bits per heavy atom. The van der Waals surface area contributed by atoms with Crippen molar-refractivity contribution in [3.8, 4) is 40.1 Å². The number of ether oxygens (including phenoxy) is 6. The molecule has 16 nitrogen and oxygen atoms in total. The number of benzene rings is 2. The SMILES string of the molecule is COc1ccc(-c2oc3cc(OC4O[C@H](C)[C@@H](O)[C@H](O)[C@H]4O)cc(OC4O[C@H](CO)[C@@H](O)[C@H](O)[C@H]4O)c3c(=O)c2O)cc1OC. The topological polar surface area (TPSA) is 247 Å². The van der Waals surface area contributed by atoms with Gasteiger partial charge in [-0.3, -0.25) is 4.79 Å². The van der Waals surface area contributed by atoms with Gasteiger partial charge in [0, 0.05) is 17.7 Å². The fourth-order valence-corrected chi connectivity index (χ4v) is 5.12. The molecule has 10 atom stereocenters. The first kappa shape index (κ1) is 32.7. The van der Waals surface area contributed by atoms with E-state index in [4.69, 9.17) is 32.8 Å². The molecular formula is C29H34O16. The van der Waals surface area contributed by atoms with E-state index in [9.17, 15) is 45.6 Å². The van der Waals surface area contributed by atoms with Crippen LogP contribution in [0.3, 0.4) is 0 Å². The summed E-state index contributed by atoms with van der Waals surface area (Å²) in [5.74, 6) is -1.08. The fourth-order valence-electron chi connectivity index (χ4n) is 5.12. The van der Waals surface area contributed by atoms with Gasteiger partial charge in [-0.15, -0.1) is 0 Å². The van der Waals surface area contributed by atoms with E-state index in [0.717, 1.165) is 6.07 Å². The number of methoxy groups -OCH3 is 2. The van der Waals surface area contributed by atoms with E-state index in [1.807, 2.05) is 0 Å². The highest BCUT2D eigenvalue weighted by Crippen LogP contribution is 2.40. The first-order chi connectivity index (χ1) is 21.4. The summed E-state index contributed by atoms with van der Waals surface area (Å²) in [6, 6.07) is 6.78. The Morgan fingerprint density at radius 1 is 0.756 bits per heavy atom. The van der Waals surface area contributed by atoms with Crippen LogP contribution >= 0.6 is 0 Å². The fraction of sp³-hybridized carbons (Fsp3) is 0.483. The van der Waals surface area contributed by atoms with E-state index < -0.39 is 84.9 Å². The molecule has 2 fully saturated rings. The largest absolute Gasteiger partial charge is 0.502 e. The van der Waals surface area contributed by atoms with E-state index >= 15 is 0 Å². The van der Waals surface area contributed by atoms with Crippen LogP contribution in [0.4, 0.5) is 0 Å². The average Bonchev–Trinajstić information content (AvgIpc) is 3.03. The standard InChI is InChI=1S/C29H34O16/c1-10-19(31)22(34)25(37)28(41-10)42-12-7-15-18(16(8-12)44-29-26(38)23(35)20(32)17(9-30)45-29)21(33)24(36)27(43-15)11-4-5-13(39-2)14(6-11)40-3/h4-8,10,17,19-20,22-23,25-26,28-32,34-38H,9H2,1-3H3/t10-,17-,19-,20-,22+,23+,25-,26-,28?,29?/m1/s1. The third kappa shape index (κ3) is 5.99. The van der Waals surface area contributed by atoms with Gasteiger partial charge in [0.25, 0.3) is 0 Å². The van der Waals surface area contributed by atoms with Crippen LogP contribution in [-0.4, -0.2) is 123 Å². The molecule has 1 aromatic heterocycles. The highest BCUT2D eigenvalue weighted by molar-refractivity contribution is 5.88. The summed E-state index contributed by atoms with van der Waals surface area (Å²) in [6.07, 6.45) is -15.7. The number of aliphatic hydroxyl groups excluding tert-OH is 7. The van der Waals surface area contributed by atoms with E-state index in [-0.39, 0.29) is 33.8 Å². The molecule has 0 bridgehead atoms. The van der Waals surface area contributed by atoms with E-state index in [1.165, 1.54) is 45.4 Å². The van der Waals surface area contributed by atoms with Crippen molar-refractivity contribution in [3.05, 3.63) is 40.6 Å². The van der Waals surface area contributed by atoms with E-state index in [1.54, 1.807) is 0 Å². The third-order valence-corrected chi connectivity index (χ3v) is 7.71. The number of hydrogen-bond donors (Lipinski definition) is 8. The first-order valence-corrected chi connectivity index (χ1v) is 13.8. The molecule has 16 heteroatoms. The molecule has 2 unspecified atom stereocenters. The second-order valence-corrected chi connectivity index (χ2v) is 10.6. The van der Waals surface area contributed by atoms with Crippen molar-refractivity contribution in [2.45, 2.75) is 68.3 Å². The van der Waals surface area contributed by atoms with Gasteiger partial charge in [-0.1, -0.05) is 0 Å². The Kier molecular flexibility index (Phi) is 9.41. The quantitative estimate of drug-likeness (QED) is 0.141. The summed E-state index contributed by atoms with van der Waals surface area (Å²) in [6.45, 7) is 0.691. The minimum Gasteiger partial charge on any atom is -0.502 e. The minimum absolute atomic E-state index is 0.172. The van der Waals surface area contributed by atoms with Crippen LogP contribution in [0.2, 0.25) is 0 Å². The van der Waals surface area contributed by atoms with Gasteiger partial charge in [-0.2, -0.15) is 0 Å². The number of fused-ring (bicyclic) bond motifs is 1. The van der Waals surface area contributed by atoms with E-state index in [0.29, 0.717) is 5.75 Å². The lowest BCUT2D eigenvalue weighted by molar-refractivity contribution is -0.277. The van der Waals surface area contributed by atoms with Gasteiger partial charge < -0.3 is 73.7 Å². The summed E-state index contributed by atoms with van der Waals surface area (Å²) in [7, 11) is 2.82. The molecule has 246 valence electrons. The zero-order chi connectivity index (χ0) is 32.7. The average molecular weight is 639 g/mol. The van der Waals surface area contributed by atoms with Crippen LogP contribution in [0.1, 0.15) is 6.92 Å². The lowest BCUT2D eigenvalue weighted by Crippen LogP contribution is -2.60. The summed E-state index contributed by atoms with van der Waals surface area (Å²) >= 11 is 0. The molecule has 0 aliphatic carbocycles. The van der Waals surface area contributed by atoms with Gasteiger partial charge in [0.1, 0.15) is 65.2 Å². The highest BCUT2D eigenvalue weighted by atomic mass is 16.7. The van der Waals surface area contributed by atoms with Crippen molar-refractivity contribution in [2.75, 3.05) is 20.8 Å². The normalized spacial score (nSPS) is 31.9. The zero-order valence-corrected chi connectivity index (χ0v) is 24.2. The minimum atomic E-state index is -1.87. The Morgan fingerprint density at radius 2 is 1.40 bits per heavy atom. The van der Waals surface area contributed by atoms with Crippen molar-refractivity contribution in [1.82, 2.24) is 0 Å². The summed E-state index contributed by atoms with van der Waals surface area (Å²) in [5.41, 5.74) is -1.02. The maximum atomic E-state index is 13.6. The van der Waals surface area contributed by atoms with Gasteiger partial charge in [0.05, 0.1) is 26.9 Å². The Bertz CT molecular complexity index is 1570. The molecular weight excluding hydrogens is 604 g/mol. The molecule has 5 rings (SSSR count). The maximum Gasteiger partial charge on any atom is 0.238 e. The van der Waals surface area contributed by atoms with Crippen LogP contribution < -0.4 is 24.4 Å². The second kappa shape index (κ2) is 13.0. The van der Waals surface area contributed by atoms with Crippen molar-refractivity contribution in [2.24, 2.45) is 0 Å². The lowest BCUT2D eigenvalue weighted by Gasteiger charge is -2.40. The number of hydrogen-bond acceptors (Lipinski definition) is 16. The lowest BCUT2D eigenvalue weighted by atomic mass is 9.99. The molecule has 3 heterocycles. The molecule has 0 radical (unpaired) electrons. The van der Waals surface area contributed by atoms with Gasteiger partial charge in [-0.05, 0) is 25.1 Å². The van der Waals surface area contributed by atoms with Gasteiger partial charge in [-0.25, -0.2) is 0 Å². The summed E-state index contributed by atoms with van der Waals surface area (Å²) in [5, 5.41) is 81.9. The van der Waals surface area contributed by atoms with Crippen molar-refractivity contribution in [1.29, 1.82) is 0 Å². The number of aliphatic hydroxyl groups is 7. The monoisotopic (exact) mass is 638 g/mol. The van der Waals surface area contributed by atoms with Gasteiger partial charge >= 0.3 is 0 Å². The Balaban J connectivity index is 1.64. The molecule has 45 heavy (non-hydrogen) atoms. The molecule has 2 aromatic carbocycles. The van der Waals surface area contributed by atoms with E-state index in [2.05, 4.69) is 0 Å². The highest BCUT2D eigenvalue weighted by Gasteiger charge is 2.46. The van der Waals surface area contributed by atoms with Crippen molar-refractivity contribution in [3.63, 3.8) is 0 Å². The second-order valence-electron chi connectivity index (χ2n) is 10.6. The Hall–Kier alpha value is -3.71. The van der Waals surface area contributed by atoms with Crippen LogP contribution in [0, 0.1) is 0 Å². The predicted molar refractivity (Wildman–Crippen MR) is 150 cm³/mol. The van der Waals surface area contributed by atoms with Crippen LogP contribution in [0.15, 0.2) is 39.5 Å². The molecule has 0 spiro atoms. The number of rotatable bonds is 8. The van der Waals surface area contributed by atoms with Crippen molar-refractivity contribution >= 4 is 11.0 Å². The van der Waals surface area contributed by atoms with Crippen LogP contribution in [0.25, 0.3) is 22.3 Å². The predicted octanol–water partition coefficient (Wildman–Crippen LogP) is -1.43. The molecule has 0 saturated carbocycles. The van der Waals surface area contributed by atoms with Gasteiger partial charge in [0.15, 0.2) is 17.3 Å².